The maximum atomic E-state index is 5.20. The molecule has 4 nitrogen and oxygen atoms in total. The van der Waals surface area contributed by atoms with Gasteiger partial charge in [0.2, 0.25) is 0 Å². The Balaban J connectivity index is 1.10. The third kappa shape index (κ3) is 5.42. The predicted molar refractivity (Wildman–Crippen MR) is 246 cm³/mol. The molecule has 0 saturated heterocycles. The van der Waals surface area contributed by atoms with E-state index in [4.69, 9.17) is 15.0 Å². The van der Waals surface area contributed by atoms with E-state index in [0.29, 0.717) is 17.5 Å². The number of aromatic nitrogens is 4. The van der Waals surface area contributed by atoms with E-state index in [2.05, 4.69) is 174 Å². The second-order valence-corrected chi connectivity index (χ2v) is 15.2. The fraction of sp³-hybridized carbons (Fsp3) is 0. The van der Waals surface area contributed by atoms with Crippen LogP contribution in [0.1, 0.15) is 0 Å². The van der Waals surface area contributed by atoms with Gasteiger partial charge in [0.25, 0.3) is 0 Å². The molecule has 0 amide bonds. The Bertz CT molecular complexity index is 3550. The molecule has 2 heterocycles. The van der Waals surface area contributed by atoms with E-state index >= 15 is 0 Å². The topological polar surface area (TPSA) is 43.6 Å². The summed E-state index contributed by atoms with van der Waals surface area (Å²) in [5, 5.41) is 12.0. The van der Waals surface area contributed by atoms with Gasteiger partial charge in [-0.2, -0.15) is 0 Å². The zero-order chi connectivity index (χ0) is 38.9. The highest BCUT2D eigenvalue weighted by Crippen LogP contribution is 2.42. The molecule has 0 aliphatic carbocycles. The van der Waals surface area contributed by atoms with Gasteiger partial charge >= 0.3 is 0 Å². The van der Waals surface area contributed by atoms with Gasteiger partial charge in [-0.25, -0.2) is 15.0 Å². The maximum Gasteiger partial charge on any atom is 0.164 e. The van der Waals surface area contributed by atoms with Crippen molar-refractivity contribution < 1.29 is 0 Å². The van der Waals surface area contributed by atoms with E-state index < -0.39 is 0 Å². The summed E-state index contributed by atoms with van der Waals surface area (Å²) in [7, 11) is 0. The van der Waals surface area contributed by atoms with Crippen LogP contribution in [0.2, 0.25) is 0 Å². The summed E-state index contributed by atoms with van der Waals surface area (Å²) in [6.07, 6.45) is 0. The molecule has 0 unspecified atom stereocenters. The zero-order valence-electron chi connectivity index (χ0n) is 31.9. The highest BCUT2D eigenvalue weighted by atomic mass is 15.0. The van der Waals surface area contributed by atoms with Gasteiger partial charge < -0.3 is 4.57 Å². The molecule has 12 rings (SSSR count). The molecule has 0 atom stereocenters. The minimum atomic E-state index is 0.646. The van der Waals surface area contributed by atoms with Gasteiger partial charge in [0.1, 0.15) is 0 Å². The van der Waals surface area contributed by atoms with Gasteiger partial charge in [0, 0.05) is 38.5 Å². The number of hydrogen-bond acceptors (Lipinski definition) is 3. The van der Waals surface area contributed by atoms with Gasteiger partial charge in [-0.05, 0) is 85.2 Å². The standard InChI is InChI=1S/C55H34N4/c1-3-15-36(16-4-1)53-56-54(37-17-5-2-6-18-37)58-55(57-53)47-24-13-23-46-43-21-10-9-20-42(43)44-30-27-39(34-49(44)52(46)47)40-28-31-51-48(33-40)45-22-11-12-25-50(45)59(51)41-29-26-35-14-7-8-19-38(35)32-41/h1-34H. The van der Waals surface area contributed by atoms with Crippen molar-refractivity contribution in [2.75, 3.05) is 0 Å². The lowest BCUT2D eigenvalue weighted by atomic mass is 9.89. The number of hydrogen-bond donors (Lipinski definition) is 0. The average molecular weight is 751 g/mol. The van der Waals surface area contributed by atoms with Crippen molar-refractivity contribution in [1.29, 1.82) is 0 Å². The van der Waals surface area contributed by atoms with Crippen molar-refractivity contribution >= 4 is 64.9 Å². The Hall–Kier alpha value is -7.95. The van der Waals surface area contributed by atoms with Crippen LogP contribution in [0.15, 0.2) is 206 Å². The van der Waals surface area contributed by atoms with Crippen LogP contribution in [0.5, 0.6) is 0 Å². The molecule has 0 aliphatic rings. The van der Waals surface area contributed by atoms with Crippen molar-refractivity contribution in [3.8, 4) is 51.0 Å². The number of nitrogens with zero attached hydrogens (tertiary/aromatic N) is 4. The Morgan fingerprint density at radius 3 is 1.58 bits per heavy atom. The summed E-state index contributed by atoms with van der Waals surface area (Å²) in [5.41, 5.74) is 8.72. The molecule has 2 aromatic heterocycles. The van der Waals surface area contributed by atoms with E-state index in [1.165, 1.54) is 54.1 Å². The van der Waals surface area contributed by atoms with Crippen LogP contribution in [0.3, 0.4) is 0 Å². The molecule has 0 saturated carbocycles. The van der Waals surface area contributed by atoms with Crippen molar-refractivity contribution in [3.63, 3.8) is 0 Å². The summed E-state index contributed by atoms with van der Waals surface area (Å²) >= 11 is 0. The molecule has 10 aromatic carbocycles. The van der Waals surface area contributed by atoms with Gasteiger partial charge in [0.05, 0.1) is 11.0 Å². The summed E-state index contributed by atoms with van der Waals surface area (Å²) < 4.78 is 2.40. The first-order chi connectivity index (χ1) is 29.2. The van der Waals surface area contributed by atoms with Gasteiger partial charge in [-0.1, -0.05) is 170 Å². The lowest BCUT2D eigenvalue weighted by molar-refractivity contribution is 1.08. The first kappa shape index (κ1) is 33.2. The highest BCUT2D eigenvalue weighted by Gasteiger charge is 2.19. The first-order valence-electron chi connectivity index (χ1n) is 20.0. The van der Waals surface area contributed by atoms with Crippen LogP contribution in [0, 0.1) is 0 Å². The van der Waals surface area contributed by atoms with Gasteiger partial charge in [-0.15, -0.1) is 0 Å². The molecule has 59 heavy (non-hydrogen) atoms. The third-order valence-corrected chi connectivity index (χ3v) is 11.8. The molecule has 0 aliphatic heterocycles. The summed E-state index contributed by atoms with van der Waals surface area (Å²) in [5.74, 6) is 1.94. The smallest absolute Gasteiger partial charge is 0.164 e. The fourth-order valence-electron chi connectivity index (χ4n) is 9.05. The minimum Gasteiger partial charge on any atom is -0.309 e. The quantitative estimate of drug-likeness (QED) is 0.165. The van der Waals surface area contributed by atoms with Crippen molar-refractivity contribution in [2.24, 2.45) is 0 Å². The summed E-state index contributed by atoms with van der Waals surface area (Å²) in [6, 6.07) is 73.6. The van der Waals surface area contributed by atoms with Crippen molar-refractivity contribution in [2.45, 2.75) is 0 Å². The molecule has 0 fully saturated rings. The van der Waals surface area contributed by atoms with Crippen LogP contribution in [-0.2, 0) is 0 Å². The minimum absolute atomic E-state index is 0.646. The van der Waals surface area contributed by atoms with E-state index in [1.54, 1.807) is 0 Å². The molecule has 0 bridgehead atoms. The Kier molecular flexibility index (Phi) is 7.50. The molecular formula is C55H34N4. The zero-order valence-corrected chi connectivity index (χ0v) is 31.9. The molecule has 0 spiro atoms. The molecule has 12 aromatic rings. The Labute approximate surface area is 340 Å². The molecule has 0 N–H and O–H groups in total. The van der Waals surface area contributed by atoms with Crippen LogP contribution in [0.4, 0.5) is 0 Å². The average Bonchev–Trinajstić information content (AvgIpc) is 3.65. The summed E-state index contributed by atoms with van der Waals surface area (Å²) in [4.78, 5) is 15.4. The van der Waals surface area contributed by atoms with Gasteiger partial charge in [-0.3, -0.25) is 0 Å². The lowest BCUT2D eigenvalue weighted by Gasteiger charge is -2.16. The van der Waals surface area contributed by atoms with Gasteiger partial charge in [0.15, 0.2) is 17.5 Å². The normalized spacial score (nSPS) is 11.7. The van der Waals surface area contributed by atoms with Crippen LogP contribution in [0.25, 0.3) is 116 Å². The first-order valence-corrected chi connectivity index (χ1v) is 20.0. The number of fused-ring (bicyclic) bond motifs is 10. The number of benzene rings is 10. The molecular weight excluding hydrogens is 717 g/mol. The SMILES string of the molecule is c1ccc(-c2nc(-c3ccccc3)nc(-c3cccc4c5ccccc5c5ccc(-c6ccc7c(c6)c6ccccc6n7-c6ccc7ccccc7c6)cc5c34)n2)cc1. The lowest BCUT2D eigenvalue weighted by Crippen LogP contribution is -2.00. The highest BCUT2D eigenvalue weighted by molar-refractivity contribution is 6.28. The largest absolute Gasteiger partial charge is 0.309 e. The number of rotatable bonds is 5. The second kappa shape index (κ2) is 13.3. The summed E-state index contributed by atoms with van der Waals surface area (Å²) in [6.45, 7) is 0. The second-order valence-electron chi connectivity index (χ2n) is 15.2. The van der Waals surface area contributed by atoms with E-state index in [-0.39, 0.29) is 0 Å². The Morgan fingerprint density at radius 2 is 0.831 bits per heavy atom. The Morgan fingerprint density at radius 1 is 0.288 bits per heavy atom. The van der Waals surface area contributed by atoms with Crippen molar-refractivity contribution in [1.82, 2.24) is 19.5 Å². The van der Waals surface area contributed by atoms with Crippen LogP contribution < -0.4 is 0 Å². The third-order valence-electron chi connectivity index (χ3n) is 11.8. The molecule has 4 heteroatoms. The number of para-hydroxylation sites is 1. The predicted octanol–water partition coefficient (Wildman–Crippen LogP) is 14.2. The van der Waals surface area contributed by atoms with Crippen molar-refractivity contribution in [3.05, 3.63) is 206 Å². The monoisotopic (exact) mass is 750 g/mol. The molecule has 0 radical (unpaired) electrons. The van der Waals surface area contributed by atoms with Crippen LogP contribution in [-0.4, -0.2) is 19.5 Å². The van der Waals surface area contributed by atoms with E-state index in [1.807, 2.05) is 36.4 Å². The van der Waals surface area contributed by atoms with E-state index in [0.717, 1.165) is 44.3 Å². The van der Waals surface area contributed by atoms with E-state index in [9.17, 15) is 0 Å². The van der Waals surface area contributed by atoms with Crippen LogP contribution >= 0.6 is 0 Å². The maximum absolute atomic E-state index is 5.20. The fourth-order valence-corrected chi connectivity index (χ4v) is 9.05. The molecule has 274 valence electrons.